The van der Waals surface area contributed by atoms with Gasteiger partial charge in [0.05, 0.1) is 22.6 Å². The van der Waals surface area contributed by atoms with Crippen LogP contribution in [0.3, 0.4) is 0 Å². The molecule has 3 N–H and O–H groups in total. The van der Waals surface area contributed by atoms with Crippen LogP contribution >= 0.6 is 24.0 Å². The predicted octanol–water partition coefficient (Wildman–Crippen LogP) is 2.68. The number of thiocarbonyl (C=S) groups is 1. The van der Waals surface area contributed by atoms with Crippen LogP contribution in [-0.4, -0.2) is 33.7 Å². The monoisotopic (exact) mass is 390 g/mol. The summed E-state index contributed by atoms with van der Waals surface area (Å²) in [6.07, 6.45) is 1.46. The van der Waals surface area contributed by atoms with Gasteiger partial charge in [-0.25, -0.2) is 0 Å². The summed E-state index contributed by atoms with van der Waals surface area (Å²) >= 11 is 6.37. The first kappa shape index (κ1) is 19.8. The molecule has 136 valence electrons. The third-order valence-electron chi connectivity index (χ3n) is 3.20. The molecule has 0 unspecified atom stereocenters. The number of hydrazone groups is 1. The summed E-state index contributed by atoms with van der Waals surface area (Å²) in [4.78, 5) is 11.2. The Bertz CT molecular complexity index is 785. The quantitative estimate of drug-likeness (QED) is 0.209. The minimum Gasteiger partial charge on any atom is -0.396 e. The molecule has 2 aromatic carbocycles. The lowest BCUT2D eigenvalue weighted by atomic mass is 10.2. The van der Waals surface area contributed by atoms with Crippen molar-refractivity contribution in [1.82, 2.24) is 10.7 Å². The molecule has 0 spiro atoms. The van der Waals surface area contributed by atoms with Crippen LogP contribution in [0, 0.1) is 10.1 Å². The molecule has 0 bridgehead atoms. The number of rotatable bonds is 8. The van der Waals surface area contributed by atoms with Gasteiger partial charge in [-0.2, -0.15) is 5.10 Å². The van der Waals surface area contributed by atoms with Crippen LogP contribution in [0.4, 0.5) is 5.69 Å². The van der Waals surface area contributed by atoms with Crippen LogP contribution in [0.15, 0.2) is 58.5 Å². The van der Waals surface area contributed by atoms with Gasteiger partial charge >= 0.3 is 0 Å². The summed E-state index contributed by atoms with van der Waals surface area (Å²) < 4.78 is 0. The van der Waals surface area contributed by atoms with E-state index in [0.717, 1.165) is 5.56 Å². The molecule has 0 aliphatic rings. The SMILES string of the molecule is O=[N+]([O-])c1cc(/C=N/NC(=S)NCc2ccccc2)ccc1SCCO. The Morgan fingerprint density at radius 1 is 1.31 bits per heavy atom. The summed E-state index contributed by atoms with van der Waals surface area (Å²) in [6.45, 7) is 0.535. The Balaban J connectivity index is 1.91. The van der Waals surface area contributed by atoms with Crippen molar-refractivity contribution in [2.24, 2.45) is 5.10 Å². The van der Waals surface area contributed by atoms with Gasteiger partial charge in [0.1, 0.15) is 0 Å². The van der Waals surface area contributed by atoms with E-state index in [0.29, 0.717) is 27.9 Å². The Morgan fingerprint density at radius 2 is 2.08 bits per heavy atom. The third-order valence-corrected chi connectivity index (χ3v) is 4.48. The van der Waals surface area contributed by atoms with Gasteiger partial charge in [-0.15, -0.1) is 11.8 Å². The van der Waals surface area contributed by atoms with Crippen LogP contribution in [0.1, 0.15) is 11.1 Å². The summed E-state index contributed by atoms with van der Waals surface area (Å²) in [5, 5.41) is 27.4. The molecule has 26 heavy (non-hydrogen) atoms. The van der Waals surface area contributed by atoms with Crippen molar-refractivity contribution in [3.8, 4) is 0 Å². The van der Waals surface area contributed by atoms with E-state index < -0.39 is 4.92 Å². The number of aliphatic hydroxyl groups excluding tert-OH is 1. The normalized spacial score (nSPS) is 10.7. The molecule has 0 amide bonds. The molecular formula is C17H18N4O3S2. The van der Waals surface area contributed by atoms with Gasteiger partial charge in [-0.3, -0.25) is 15.5 Å². The standard InChI is InChI=1S/C17H18N4O3S2/c22-8-9-26-16-7-6-14(10-15(16)21(23)24)12-19-20-17(25)18-11-13-4-2-1-3-5-13/h1-7,10,12,22H,8-9,11H2,(H2,18,20,25)/b19-12+. The summed E-state index contributed by atoms with van der Waals surface area (Å²) in [5.74, 6) is 0.400. The van der Waals surface area contributed by atoms with Crippen molar-refractivity contribution >= 4 is 41.0 Å². The second-order valence-corrected chi connectivity index (χ2v) is 6.64. The first-order chi connectivity index (χ1) is 12.6. The van der Waals surface area contributed by atoms with E-state index in [1.54, 1.807) is 12.1 Å². The Labute approximate surface area is 160 Å². The molecule has 9 heteroatoms. The van der Waals surface area contributed by atoms with Crippen molar-refractivity contribution in [3.05, 3.63) is 69.8 Å². The summed E-state index contributed by atoms with van der Waals surface area (Å²) in [5.41, 5.74) is 4.33. The average molecular weight is 390 g/mol. The van der Waals surface area contributed by atoms with Crippen LogP contribution in [0.2, 0.25) is 0 Å². The number of thioether (sulfide) groups is 1. The van der Waals surface area contributed by atoms with Gasteiger partial charge < -0.3 is 10.4 Å². The fraction of sp³-hybridized carbons (Fsp3) is 0.176. The number of nitro groups is 1. The van der Waals surface area contributed by atoms with Gasteiger partial charge in [-0.1, -0.05) is 36.4 Å². The molecule has 0 atom stereocenters. The Hall–Kier alpha value is -2.49. The number of hydrogen-bond acceptors (Lipinski definition) is 6. The smallest absolute Gasteiger partial charge is 0.283 e. The maximum absolute atomic E-state index is 11.2. The maximum Gasteiger partial charge on any atom is 0.283 e. The second-order valence-electron chi connectivity index (χ2n) is 5.09. The van der Waals surface area contributed by atoms with Gasteiger partial charge in [0.25, 0.3) is 5.69 Å². The minimum atomic E-state index is -0.448. The lowest BCUT2D eigenvalue weighted by Gasteiger charge is -2.07. The molecule has 2 rings (SSSR count). The maximum atomic E-state index is 11.2. The zero-order chi connectivity index (χ0) is 18.8. The van der Waals surface area contributed by atoms with E-state index in [4.69, 9.17) is 17.3 Å². The van der Waals surface area contributed by atoms with Crippen molar-refractivity contribution in [1.29, 1.82) is 0 Å². The van der Waals surface area contributed by atoms with E-state index >= 15 is 0 Å². The van der Waals surface area contributed by atoms with E-state index in [9.17, 15) is 10.1 Å². The number of nitro benzene ring substituents is 1. The molecule has 0 aliphatic heterocycles. The van der Waals surface area contributed by atoms with E-state index in [-0.39, 0.29) is 12.3 Å². The van der Waals surface area contributed by atoms with Crippen LogP contribution in [0.5, 0.6) is 0 Å². The highest BCUT2D eigenvalue weighted by Crippen LogP contribution is 2.29. The fourth-order valence-corrected chi connectivity index (χ4v) is 2.90. The van der Waals surface area contributed by atoms with Crippen molar-refractivity contribution in [2.75, 3.05) is 12.4 Å². The fourth-order valence-electron chi connectivity index (χ4n) is 2.02. The lowest BCUT2D eigenvalue weighted by molar-refractivity contribution is -0.387. The highest BCUT2D eigenvalue weighted by atomic mass is 32.2. The second kappa shape index (κ2) is 10.5. The third kappa shape index (κ3) is 6.43. The molecule has 0 aromatic heterocycles. The number of nitrogens with one attached hydrogen (secondary N) is 2. The summed E-state index contributed by atoms with van der Waals surface area (Å²) in [7, 11) is 0. The number of aliphatic hydroxyl groups is 1. The van der Waals surface area contributed by atoms with Crippen molar-refractivity contribution in [2.45, 2.75) is 11.4 Å². The molecule has 0 aliphatic carbocycles. The highest BCUT2D eigenvalue weighted by molar-refractivity contribution is 7.99. The molecule has 0 heterocycles. The molecule has 0 fully saturated rings. The number of hydrogen-bond donors (Lipinski definition) is 3. The topological polar surface area (TPSA) is 99.8 Å². The van der Waals surface area contributed by atoms with Crippen molar-refractivity contribution < 1.29 is 10.0 Å². The zero-order valence-electron chi connectivity index (χ0n) is 13.8. The molecule has 7 nitrogen and oxygen atoms in total. The van der Waals surface area contributed by atoms with Crippen LogP contribution in [-0.2, 0) is 6.54 Å². The first-order valence-electron chi connectivity index (χ1n) is 7.73. The zero-order valence-corrected chi connectivity index (χ0v) is 15.4. The minimum absolute atomic E-state index is 0.0165. The molecule has 0 saturated heterocycles. The summed E-state index contributed by atoms with van der Waals surface area (Å²) in [6, 6.07) is 14.6. The van der Waals surface area contributed by atoms with E-state index in [2.05, 4.69) is 15.8 Å². The Morgan fingerprint density at radius 3 is 2.77 bits per heavy atom. The first-order valence-corrected chi connectivity index (χ1v) is 9.12. The van der Waals surface area contributed by atoms with Crippen molar-refractivity contribution in [3.63, 3.8) is 0 Å². The van der Waals surface area contributed by atoms with Gasteiger partial charge in [-0.05, 0) is 23.8 Å². The molecule has 0 radical (unpaired) electrons. The average Bonchev–Trinajstić information content (AvgIpc) is 2.66. The molecule has 2 aromatic rings. The molecular weight excluding hydrogens is 372 g/mol. The largest absolute Gasteiger partial charge is 0.396 e. The van der Waals surface area contributed by atoms with E-state index in [1.165, 1.54) is 24.0 Å². The van der Waals surface area contributed by atoms with Crippen LogP contribution in [0.25, 0.3) is 0 Å². The van der Waals surface area contributed by atoms with E-state index in [1.807, 2.05) is 30.3 Å². The van der Waals surface area contributed by atoms with Gasteiger partial charge in [0.2, 0.25) is 0 Å². The van der Waals surface area contributed by atoms with Gasteiger partial charge in [0, 0.05) is 23.9 Å². The van der Waals surface area contributed by atoms with Crippen LogP contribution < -0.4 is 10.7 Å². The number of nitrogens with zero attached hydrogens (tertiary/aromatic N) is 2. The molecule has 0 saturated carbocycles. The lowest BCUT2D eigenvalue weighted by Crippen LogP contribution is -2.31. The predicted molar refractivity (Wildman–Crippen MR) is 108 cm³/mol. The van der Waals surface area contributed by atoms with Gasteiger partial charge in [0.15, 0.2) is 5.11 Å². The Kier molecular flexibility index (Phi) is 8.00. The number of benzene rings is 2. The highest BCUT2D eigenvalue weighted by Gasteiger charge is 2.14.